The van der Waals surface area contributed by atoms with E-state index in [-0.39, 0.29) is 24.0 Å². The van der Waals surface area contributed by atoms with Crippen molar-refractivity contribution in [3.05, 3.63) is 65.2 Å². The molecular formula is C24H35IN4O2S. The average molecular weight is 571 g/mol. The molecule has 0 saturated carbocycles. The van der Waals surface area contributed by atoms with Gasteiger partial charge in [-0.15, -0.1) is 24.0 Å². The van der Waals surface area contributed by atoms with Crippen LogP contribution in [0.4, 0.5) is 0 Å². The number of sulfone groups is 1. The lowest BCUT2D eigenvalue weighted by Crippen LogP contribution is -2.37. The van der Waals surface area contributed by atoms with E-state index in [1.807, 2.05) is 12.1 Å². The Hall–Kier alpha value is -1.65. The molecule has 8 heteroatoms. The summed E-state index contributed by atoms with van der Waals surface area (Å²) in [4.78, 5) is 7.17. The number of piperidine rings is 1. The molecule has 1 saturated heterocycles. The summed E-state index contributed by atoms with van der Waals surface area (Å²) in [6.45, 7) is 4.90. The smallest absolute Gasteiger partial charge is 0.191 e. The van der Waals surface area contributed by atoms with Gasteiger partial charge in [-0.25, -0.2) is 8.42 Å². The number of likely N-dealkylation sites (tertiary alicyclic amines) is 1. The summed E-state index contributed by atoms with van der Waals surface area (Å²) in [5.74, 6) is 0.755. The number of hydrogen-bond acceptors (Lipinski definition) is 4. The Morgan fingerprint density at radius 3 is 2.09 bits per heavy atom. The average Bonchev–Trinajstić information content (AvgIpc) is 2.77. The molecule has 0 atom stereocenters. The molecule has 32 heavy (non-hydrogen) atoms. The fourth-order valence-corrected chi connectivity index (χ4v) is 4.40. The molecule has 2 aromatic rings. The first kappa shape index (κ1) is 26.6. The number of hydrogen-bond donors (Lipinski definition) is 2. The predicted octanol–water partition coefficient (Wildman–Crippen LogP) is 3.60. The number of nitrogens with zero attached hydrogens (tertiary/aromatic N) is 2. The molecule has 6 nitrogen and oxygen atoms in total. The quantitative estimate of drug-likeness (QED) is 0.288. The van der Waals surface area contributed by atoms with E-state index < -0.39 is 9.84 Å². The highest BCUT2D eigenvalue weighted by Gasteiger charge is 2.10. The maximum absolute atomic E-state index is 11.5. The molecule has 1 heterocycles. The van der Waals surface area contributed by atoms with E-state index in [1.165, 1.54) is 49.7 Å². The van der Waals surface area contributed by atoms with Gasteiger partial charge in [0.2, 0.25) is 0 Å². The Balaban J connectivity index is 0.00000363. The van der Waals surface area contributed by atoms with E-state index in [2.05, 4.69) is 44.8 Å². The fourth-order valence-electron chi connectivity index (χ4n) is 3.77. The molecule has 176 valence electrons. The molecule has 0 bridgehead atoms. The monoisotopic (exact) mass is 570 g/mol. The molecule has 1 aliphatic heterocycles. The first-order chi connectivity index (χ1) is 14.9. The highest BCUT2D eigenvalue weighted by molar-refractivity contribution is 14.0. The molecule has 0 radical (unpaired) electrons. The number of nitrogens with one attached hydrogen (secondary N) is 2. The number of halogens is 1. The number of benzene rings is 2. The first-order valence-electron chi connectivity index (χ1n) is 11.0. The minimum Gasteiger partial charge on any atom is -0.356 e. The molecular weight excluding hydrogens is 535 g/mol. The maximum Gasteiger partial charge on any atom is 0.191 e. The molecule has 1 aliphatic rings. The SMILES string of the molecule is CN=C(NCCc1ccc(S(C)(=O)=O)cc1)NCc1ccc(CN2CCCCC2)cc1.I. The zero-order chi connectivity index (χ0) is 22.1. The molecule has 0 amide bonds. The van der Waals surface area contributed by atoms with Gasteiger partial charge in [-0.05, 0) is 61.2 Å². The normalized spacial score (nSPS) is 15.1. The van der Waals surface area contributed by atoms with E-state index in [4.69, 9.17) is 0 Å². The molecule has 1 fully saturated rings. The van der Waals surface area contributed by atoms with Gasteiger partial charge in [0, 0.05) is 32.9 Å². The molecule has 2 N–H and O–H groups in total. The third-order valence-electron chi connectivity index (χ3n) is 5.62. The first-order valence-corrected chi connectivity index (χ1v) is 12.9. The van der Waals surface area contributed by atoms with Crippen LogP contribution < -0.4 is 10.6 Å². The Kier molecular flexibility index (Phi) is 10.9. The van der Waals surface area contributed by atoms with Crippen LogP contribution >= 0.6 is 24.0 Å². The standard InChI is InChI=1S/C24H34N4O2S.HI/c1-25-24(26-15-14-20-10-12-23(13-11-20)31(2,29)30)27-18-21-6-8-22(9-7-21)19-28-16-4-3-5-17-28;/h6-13H,3-5,14-19H2,1-2H3,(H2,25,26,27);1H. The minimum atomic E-state index is -3.15. The van der Waals surface area contributed by atoms with E-state index in [9.17, 15) is 8.42 Å². The van der Waals surface area contributed by atoms with Crippen LogP contribution in [0.5, 0.6) is 0 Å². The van der Waals surface area contributed by atoms with Crippen molar-refractivity contribution in [3.63, 3.8) is 0 Å². The van der Waals surface area contributed by atoms with Gasteiger partial charge < -0.3 is 10.6 Å². The van der Waals surface area contributed by atoms with Crippen LogP contribution in [0.1, 0.15) is 36.0 Å². The summed E-state index contributed by atoms with van der Waals surface area (Å²) in [6, 6.07) is 15.9. The third kappa shape index (κ3) is 8.71. The number of aliphatic imine (C=N–C) groups is 1. The zero-order valence-electron chi connectivity index (χ0n) is 19.0. The Morgan fingerprint density at radius 2 is 1.50 bits per heavy atom. The summed E-state index contributed by atoms with van der Waals surface area (Å²) in [5, 5.41) is 6.66. The lowest BCUT2D eigenvalue weighted by molar-refractivity contribution is 0.221. The topological polar surface area (TPSA) is 73.8 Å². The molecule has 0 aliphatic carbocycles. The summed E-state index contributed by atoms with van der Waals surface area (Å²) in [6.07, 6.45) is 6.02. The lowest BCUT2D eigenvalue weighted by Gasteiger charge is -2.26. The minimum absolute atomic E-state index is 0. The summed E-state index contributed by atoms with van der Waals surface area (Å²) >= 11 is 0. The Labute approximate surface area is 209 Å². The van der Waals surface area contributed by atoms with Crippen molar-refractivity contribution >= 4 is 39.8 Å². The van der Waals surface area contributed by atoms with E-state index >= 15 is 0 Å². The van der Waals surface area contributed by atoms with Crippen LogP contribution in [-0.4, -0.2) is 52.2 Å². The second kappa shape index (κ2) is 13.2. The van der Waals surface area contributed by atoms with E-state index in [0.717, 1.165) is 24.5 Å². The van der Waals surface area contributed by atoms with Crippen LogP contribution in [0.2, 0.25) is 0 Å². The van der Waals surface area contributed by atoms with Crippen molar-refractivity contribution in [1.29, 1.82) is 0 Å². The fraction of sp³-hybridized carbons (Fsp3) is 0.458. The van der Waals surface area contributed by atoms with Crippen LogP contribution in [-0.2, 0) is 29.3 Å². The predicted molar refractivity (Wildman–Crippen MR) is 142 cm³/mol. The van der Waals surface area contributed by atoms with Crippen LogP contribution in [0.15, 0.2) is 58.4 Å². The van der Waals surface area contributed by atoms with Gasteiger partial charge in [0.15, 0.2) is 15.8 Å². The van der Waals surface area contributed by atoms with Gasteiger partial charge in [-0.2, -0.15) is 0 Å². The van der Waals surface area contributed by atoms with Gasteiger partial charge in [-0.3, -0.25) is 9.89 Å². The molecule has 3 rings (SSSR count). The maximum atomic E-state index is 11.5. The van der Waals surface area contributed by atoms with Crippen LogP contribution in [0.25, 0.3) is 0 Å². The zero-order valence-corrected chi connectivity index (χ0v) is 22.2. The number of guanidine groups is 1. The van der Waals surface area contributed by atoms with Gasteiger partial charge in [0.1, 0.15) is 0 Å². The van der Waals surface area contributed by atoms with Crippen molar-refractivity contribution in [1.82, 2.24) is 15.5 Å². The van der Waals surface area contributed by atoms with Gasteiger partial charge in [0.25, 0.3) is 0 Å². The molecule has 0 aromatic heterocycles. The Morgan fingerprint density at radius 1 is 0.906 bits per heavy atom. The molecule has 2 aromatic carbocycles. The van der Waals surface area contributed by atoms with Gasteiger partial charge >= 0.3 is 0 Å². The van der Waals surface area contributed by atoms with E-state index in [0.29, 0.717) is 18.0 Å². The van der Waals surface area contributed by atoms with Gasteiger partial charge in [0.05, 0.1) is 4.90 Å². The highest BCUT2D eigenvalue weighted by atomic mass is 127. The van der Waals surface area contributed by atoms with Gasteiger partial charge in [-0.1, -0.05) is 42.8 Å². The van der Waals surface area contributed by atoms with Crippen LogP contribution in [0.3, 0.4) is 0 Å². The molecule has 0 unspecified atom stereocenters. The van der Waals surface area contributed by atoms with Crippen molar-refractivity contribution in [2.24, 2.45) is 4.99 Å². The summed E-state index contributed by atoms with van der Waals surface area (Å²) < 4.78 is 23.1. The lowest BCUT2D eigenvalue weighted by atomic mass is 10.1. The van der Waals surface area contributed by atoms with Crippen molar-refractivity contribution in [3.8, 4) is 0 Å². The Bertz CT molecular complexity index is 954. The van der Waals surface area contributed by atoms with Crippen LogP contribution in [0, 0.1) is 0 Å². The highest BCUT2D eigenvalue weighted by Crippen LogP contribution is 2.14. The second-order valence-electron chi connectivity index (χ2n) is 8.17. The van der Waals surface area contributed by atoms with Crippen molar-refractivity contribution in [2.45, 2.75) is 43.7 Å². The third-order valence-corrected chi connectivity index (χ3v) is 6.75. The van der Waals surface area contributed by atoms with E-state index in [1.54, 1.807) is 19.2 Å². The molecule has 0 spiro atoms. The summed E-state index contributed by atoms with van der Waals surface area (Å²) in [5.41, 5.74) is 3.68. The number of rotatable bonds is 8. The van der Waals surface area contributed by atoms with Crippen molar-refractivity contribution in [2.75, 3.05) is 32.9 Å². The largest absolute Gasteiger partial charge is 0.356 e. The summed E-state index contributed by atoms with van der Waals surface area (Å²) in [7, 11) is -1.39. The second-order valence-corrected chi connectivity index (χ2v) is 10.2. The van der Waals surface area contributed by atoms with Crippen molar-refractivity contribution < 1.29 is 8.42 Å².